The van der Waals surface area contributed by atoms with Crippen molar-refractivity contribution < 1.29 is 0 Å². The Bertz CT molecular complexity index is 4340. The van der Waals surface area contributed by atoms with Crippen molar-refractivity contribution in [3.8, 4) is 33.4 Å². The molecule has 0 aliphatic rings. The summed E-state index contributed by atoms with van der Waals surface area (Å²) in [5.74, 6) is 0. The lowest BCUT2D eigenvalue weighted by Crippen LogP contribution is -2.12. The van der Waals surface area contributed by atoms with Crippen molar-refractivity contribution in [1.82, 2.24) is 0 Å². The molecule has 0 atom stereocenters. The molecule has 0 saturated carbocycles. The number of fused-ring (bicyclic) bond motifs is 9. The van der Waals surface area contributed by atoms with Crippen LogP contribution >= 0.6 is 22.7 Å². The summed E-state index contributed by atoms with van der Waals surface area (Å²) in [4.78, 5) is 4.96. The molecule has 0 fully saturated rings. The van der Waals surface area contributed by atoms with Crippen molar-refractivity contribution in [3.05, 3.63) is 267 Å². The maximum absolute atomic E-state index is 2.49. The minimum Gasteiger partial charge on any atom is -0.310 e. The molecule has 12 aromatic carbocycles. The molecule has 0 aliphatic carbocycles. The predicted molar refractivity (Wildman–Crippen MR) is 313 cm³/mol. The summed E-state index contributed by atoms with van der Waals surface area (Å²) in [5.41, 5.74) is 13.7. The molecule has 2 aromatic heterocycles. The van der Waals surface area contributed by atoms with Crippen LogP contribution in [0.2, 0.25) is 0 Å². The van der Waals surface area contributed by atoms with E-state index in [-0.39, 0.29) is 0 Å². The van der Waals surface area contributed by atoms with Gasteiger partial charge in [-0.05, 0) is 105 Å². The van der Waals surface area contributed by atoms with Gasteiger partial charge < -0.3 is 9.80 Å². The zero-order valence-corrected chi connectivity index (χ0v) is 40.7. The van der Waals surface area contributed by atoms with Crippen molar-refractivity contribution in [2.24, 2.45) is 0 Å². The predicted octanol–water partition coefficient (Wildman–Crippen LogP) is 20.7. The van der Waals surface area contributed by atoms with E-state index in [9.17, 15) is 0 Å². The van der Waals surface area contributed by atoms with Crippen LogP contribution in [-0.2, 0) is 0 Å². The van der Waals surface area contributed by atoms with Gasteiger partial charge in [-0.1, -0.05) is 200 Å². The Kier molecular flexibility index (Phi) is 10.3. The highest BCUT2D eigenvalue weighted by molar-refractivity contribution is 7.26. The molecule has 0 radical (unpaired) electrons. The van der Waals surface area contributed by atoms with Crippen molar-refractivity contribution >= 4 is 119 Å². The zero-order valence-electron chi connectivity index (χ0n) is 39.1. The molecule has 0 N–H and O–H groups in total. The first-order chi connectivity index (χ1) is 35.7. The molecule has 0 saturated heterocycles. The van der Waals surface area contributed by atoms with Crippen molar-refractivity contribution in [3.63, 3.8) is 0 Å². The minimum atomic E-state index is 1.08. The molecule has 0 amide bonds. The fourth-order valence-corrected chi connectivity index (χ4v) is 13.2. The summed E-state index contributed by atoms with van der Waals surface area (Å²) in [7, 11) is 0. The fraction of sp³-hybridized carbons (Fsp3) is 0. The molecule has 0 bridgehead atoms. The molecule has 0 unspecified atom stereocenters. The second-order valence-corrected chi connectivity index (χ2v) is 20.6. The Morgan fingerprint density at radius 1 is 0.222 bits per heavy atom. The van der Waals surface area contributed by atoms with Gasteiger partial charge in [0, 0.05) is 73.7 Å². The lowest BCUT2D eigenvalue weighted by atomic mass is 9.96. The van der Waals surface area contributed by atoms with E-state index in [1.165, 1.54) is 84.1 Å². The molecular weight excluding hydrogens is 909 g/mol. The van der Waals surface area contributed by atoms with Gasteiger partial charge in [-0.15, -0.1) is 22.7 Å². The van der Waals surface area contributed by atoms with Crippen LogP contribution in [0.3, 0.4) is 0 Å². The highest BCUT2D eigenvalue weighted by Gasteiger charge is 2.24. The monoisotopic (exact) mass is 952 g/mol. The lowest BCUT2D eigenvalue weighted by Gasteiger charge is -2.30. The topological polar surface area (TPSA) is 6.48 Å². The third kappa shape index (κ3) is 7.14. The standard InChI is InChI=1S/C68H44N2S2/c1-3-18-45(19-4-1)46-34-36-49(37-35-46)70(63-44-67-68(59-29-10-9-27-56(59)63)60-30-13-16-33-65(60)72-67)61-31-14-11-24-53(61)48-22-17-23-50(42-48)69(51-38-39-58-57-28-12-15-32-64(57)71-66(58)43-51)62-41-40-52(47-20-5-2-6-21-47)54-25-7-8-26-55(54)62/h1-44H. The number of nitrogens with zero attached hydrogens (tertiary/aromatic N) is 2. The van der Waals surface area contributed by atoms with Crippen LogP contribution in [0, 0.1) is 0 Å². The van der Waals surface area contributed by atoms with Gasteiger partial charge in [0.15, 0.2) is 0 Å². The molecular formula is C68H44N2S2. The van der Waals surface area contributed by atoms with Crippen molar-refractivity contribution in [2.75, 3.05) is 9.80 Å². The molecule has 72 heavy (non-hydrogen) atoms. The maximum atomic E-state index is 2.49. The molecule has 0 aliphatic heterocycles. The smallest absolute Gasteiger partial charge is 0.0554 e. The molecule has 4 heteroatoms. The normalized spacial score (nSPS) is 11.6. The van der Waals surface area contributed by atoms with E-state index >= 15 is 0 Å². The Morgan fingerprint density at radius 3 is 1.54 bits per heavy atom. The number of thiophene rings is 2. The van der Waals surface area contributed by atoms with E-state index in [1.807, 2.05) is 22.7 Å². The van der Waals surface area contributed by atoms with E-state index < -0.39 is 0 Å². The first kappa shape index (κ1) is 42.1. The quantitative estimate of drug-likeness (QED) is 0.142. The van der Waals surface area contributed by atoms with Gasteiger partial charge in [0.05, 0.1) is 17.1 Å². The average Bonchev–Trinajstić information content (AvgIpc) is 4.02. The van der Waals surface area contributed by atoms with Crippen LogP contribution in [0.5, 0.6) is 0 Å². The number of benzene rings is 12. The number of hydrogen-bond acceptors (Lipinski definition) is 4. The summed E-state index contributed by atoms with van der Waals surface area (Å²) in [6.07, 6.45) is 0. The highest BCUT2D eigenvalue weighted by Crippen LogP contribution is 2.50. The Morgan fingerprint density at radius 2 is 0.764 bits per heavy atom. The number of hydrogen-bond donors (Lipinski definition) is 0. The first-order valence-electron chi connectivity index (χ1n) is 24.5. The van der Waals surface area contributed by atoms with Crippen molar-refractivity contribution in [1.29, 1.82) is 0 Å². The third-order valence-corrected chi connectivity index (χ3v) is 16.5. The SMILES string of the molecule is c1ccc(-c2ccc(N(c3ccccc3-c3cccc(N(c4ccc5c(c4)sc4ccccc45)c4ccc(-c5ccccc5)c5ccccc45)c3)c3cc4sc5ccccc5c4c4ccccc34)cc2)cc1. The average molecular weight is 953 g/mol. The molecule has 0 spiro atoms. The van der Waals surface area contributed by atoms with Crippen LogP contribution in [0.4, 0.5) is 34.1 Å². The van der Waals surface area contributed by atoms with Gasteiger partial charge in [0.2, 0.25) is 0 Å². The molecule has 338 valence electrons. The summed E-state index contributed by atoms with van der Waals surface area (Å²) in [6, 6.07) is 98.1. The molecule has 2 nitrogen and oxygen atoms in total. The first-order valence-corrected chi connectivity index (χ1v) is 26.1. The van der Waals surface area contributed by atoms with E-state index in [0.29, 0.717) is 0 Å². The second-order valence-electron chi connectivity index (χ2n) is 18.4. The summed E-state index contributed by atoms with van der Waals surface area (Å²) in [5, 5.41) is 10.1. The van der Waals surface area contributed by atoms with Crippen LogP contribution in [0.1, 0.15) is 0 Å². The van der Waals surface area contributed by atoms with E-state index in [2.05, 4.69) is 277 Å². The van der Waals surface area contributed by atoms with E-state index in [4.69, 9.17) is 0 Å². The Hall–Kier alpha value is -8.80. The minimum absolute atomic E-state index is 1.08. The summed E-state index contributed by atoms with van der Waals surface area (Å²) >= 11 is 3.73. The van der Waals surface area contributed by atoms with Gasteiger partial charge in [-0.2, -0.15) is 0 Å². The van der Waals surface area contributed by atoms with Crippen LogP contribution in [0.25, 0.3) is 95.3 Å². The van der Waals surface area contributed by atoms with Gasteiger partial charge >= 0.3 is 0 Å². The van der Waals surface area contributed by atoms with Gasteiger partial charge in [0.25, 0.3) is 0 Å². The van der Waals surface area contributed by atoms with Gasteiger partial charge in [-0.25, -0.2) is 0 Å². The fourth-order valence-electron chi connectivity index (χ4n) is 11.0. The number of rotatable bonds is 9. The van der Waals surface area contributed by atoms with E-state index in [1.54, 1.807) is 0 Å². The van der Waals surface area contributed by atoms with Crippen molar-refractivity contribution in [2.45, 2.75) is 0 Å². The van der Waals surface area contributed by atoms with Gasteiger partial charge in [0.1, 0.15) is 0 Å². The Labute approximate surface area is 426 Å². The highest BCUT2D eigenvalue weighted by atomic mass is 32.1. The maximum Gasteiger partial charge on any atom is 0.0554 e. The molecule has 2 heterocycles. The molecule has 14 rings (SSSR count). The summed E-state index contributed by atoms with van der Waals surface area (Å²) in [6.45, 7) is 0. The largest absolute Gasteiger partial charge is 0.310 e. The lowest BCUT2D eigenvalue weighted by molar-refractivity contribution is 1.29. The second kappa shape index (κ2) is 17.6. The molecule has 14 aromatic rings. The third-order valence-electron chi connectivity index (χ3n) is 14.2. The van der Waals surface area contributed by atoms with Gasteiger partial charge in [-0.3, -0.25) is 0 Å². The Balaban J connectivity index is 0.980. The van der Waals surface area contributed by atoms with E-state index in [0.717, 1.165) is 45.3 Å². The van der Waals surface area contributed by atoms with Crippen LogP contribution in [-0.4, -0.2) is 0 Å². The summed E-state index contributed by atoms with van der Waals surface area (Å²) < 4.78 is 5.13. The van der Waals surface area contributed by atoms with Crippen LogP contribution < -0.4 is 9.80 Å². The number of anilines is 6. The number of para-hydroxylation sites is 1. The van der Waals surface area contributed by atoms with Crippen LogP contribution in [0.15, 0.2) is 267 Å². The zero-order chi connectivity index (χ0) is 47.5.